The number of halogens is 3. The molecule has 0 N–H and O–H groups in total. The van der Waals surface area contributed by atoms with Gasteiger partial charge in [-0.25, -0.2) is 4.98 Å². The third-order valence-corrected chi connectivity index (χ3v) is 4.70. The van der Waals surface area contributed by atoms with Crippen LogP contribution >= 0.6 is 34.8 Å². The summed E-state index contributed by atoms with van der Waals surface area (Å²) in [5.74, 6) is 1.25. The average molecular weight is 349 g/mol. The summed E-state index contributed by atoms with van der Waals surface area (Å²) in [6, 6.07) is 3.68. The highest BCUT2D eigenvalue weighted by Crippen LogP contribution is 2.28. The Balaban J connectivity index is 2.23. The quantitative estimate of drug-likeness (QED) is 0.669. The third-order valence-electron chi connectivity index (χ3n) is 3.74. The van der Waals surface area contributed by atoms with Crippen LogP contribution in [0.5, 0.6) is 0 Å². The second-order valence-electron chi connectivity index (χ2n) is 4.95. The van der Waals surface area contributed by atoms with E-state index in [4.69, 9.17) is 34.8 Å². The Morgan fingerprint density at radius 3 is 2.43 bits per heavy atom. The molecule has 116 valence electrons. The molecule has 0 fully saturated rings. The number of aromatic nitrogens is 2. The molecule has 0 radical (unpaired) electrons. The van der Waals surface area contributed by atoms with Gasteiger partial charge in [0.1, 0.15) is 5.82 Å². The summed E-state index contributed by atoms with van der Waals surface area (Å²) in [4.78, 5) is 6.95. The number of aryl methyl sites for hydroxylation is 1. The van der Waals surface area contributed by atoms with E-state index in [1.807, 2.05) is 6.07 Å². The first-order valence-electron chi connectivity index (χ1n) is 7.23. The normalized spacial score (nSPS) is 11.7. The van der Waals surface area contributed by atoms with Crippen molar-refractivity contribution in [2.75, 3.05) is 19.6 Å². The number of benzene rings is 1. The highest BCUT2D eigenvalue weighted by molar-refractivity contribution is 6.42. The summed E-state index contributed by atoms with van der Waals surface area (Å²) in [5.41, 5.74) is 1.85. The molecule has 0 bridgehead atoms. The lowest BCUT2D eigenvalue weighted by Gasteiger charge is -2.18. The van der Waals surface area contributed by atoms with Gasteiger partial charge in [0, 0.05) is 6.54 Å². The fourth-order valence-electron chi connectivity index (χ4n) is 2.51. The molecule has 2 aromatic rings. The summed E-state index contributed by atoms with van der Waals surface area (Å²) in [6.45, 7) is 8.46. The van der Waals surface area contributed by atoms with Crippen LogP contribution < -0.4 is 0 Å². The molecule has 2 rings (SSSR count). The maximum Gasteiger partial charge on any atom is 0.124 e. The molecule has 0 aliphatic carbocycles. The number of nitrogens with zero attached hydrogens (tertiary/aromatic N) is 3. The van der Waals surface area contributed by atoms with E-state index in [-0.39, 0.29) is 0 Å². The minimum atomic E-state index is 0.384. The lowest BCUT2D eigenvalue weighted by atomic mass is 10.3. The molecule has 0 unspecified atom stereocenters. The Bertz CT molecular complexity index is 606. The second kappa shape index (κ2) is 7.68. The molecule has 6 heteroatoms. The van der Waals surface area contributed by atoms with Crippen molar-refractivity contribution in [3.63, 3.8) is 0 Å². The van der Waals surface area contributed by atoms with Gasteiger partial charge in [0.25, 0.3) is 0 Å². The molecule has 1 aromatic carbocycles. The van der Waals surface area contributed by atoms with Gasteiger partial charge in [0.2, 0.25) is 0 Å². The highest BCUT2D eigenvalue weighted by Gasteiger charge is 2.12. The maximum atomic E-state index is 6.13. The van der Waals surface area contributed by atoms with Crippen LogP contribution in [0.25, 0.3) is 11.0 Å². The standard InChI is InChI=1S/C15H20Cl3N3/c1-3-20(4-2)6-5-7-21-14-9-12(18)11(17)8-13(14)19-15(21)10-16/h8-9H,3-7,10H2,1-2H3. The maximum absolute atomic E-state index is 6.13. The summed E-state index contributed by atoms with van der Waals surface area (Å²) in [5, 5.41) is 1.08. The zero-order valence-corrected chi connectivity index (χ0v) is 14.6. The molecule has 0 atom stereocenters. The molecule has 1 heterocycles. The first-order chi connectivity index (χ1) is 10.1. The summed E-state index contributed by atoms with van der Waals surface area (Å²) in [6.07, 6.45) is 1.05. The van der Waals surface area contributed by atoms with Gasteiger partial charge in [-0.15, -0.1) is 11.6 Å². The van der Waals surface area contributed by atoms with E-state index in [0.29, 0.717) is 15.9 Å². The summed E-state index contributed by atoms with van der Waals surface area (Å²) in [7, 11) is 0. The SMILES string of the molecule is CCN(CC)CCCn1c(CCl)nc2cc(Cl)c(Cl)cc21. The molecular weight excluding hydrogens is 329 g/mol. The van der Waals surface area contributed by atoms with Crippen molar-refractivity contribution in [1.29, 1.82) is 0 Å². The monoisotopic (exact) mass is 347 g/mol. The molecule has 21 heavy (non-hydrogen) atoms. The number of hydrogen-bond acceptors (Lipinski definition) is 2. The molecule has 1 aromatic heterocycles. The minimum absolute atomic E-state index is 0.384. The van der Waals surface area contributed by atoms with Crippen LogP contribution in [-0.4, -0.2) is 34.1 Å². The molecule has 3 nitrogen and oxygen atoms in total. The van der Waals surface area contributed by atoms with Gasteiger partial charge in [-0.2, -0.15) is 0 Å². The van der Waals surface area contributed by atoms with Gasteiger partial charge in [0.05, 0.1) is 27.0 Å². The van der Waals surface area contributed by atoms with Crippen LogP contribution in [0.1, 0.15) is 26.1 Å². The Morgan fingerprint density at radius 2 is 1.81 bits per heavy atom. The van der Waals surface area contributed by atoms with Crippen LogP contribution in [0.4, 0.5) is 0 Å². The van der Waals surface area contributed by atoms with Crippen molar-refractivity contribution >= 4 is 45.8 Å². The van der Waals surface area contributed by atoms with Gasteiger partial charge < -0.3 is 9.47 Å². The van der Waals surface area contributed by atoms with E-state index >= 15 is 0 Å². The number of fused-ring (bicyclic) bond motifs is 1. The number of hydrogen-bond donors (Lipinski definition) is 0. The third kappa shape index (κ3) is 3.84. The first kappa shape index (κ1) is 16.9. The first-order valence-corrected chi connectivity index (χ1v) is 8.52. The van der Waals surface area contributed by atoms with Crippen molar-refractivity contribution in [2.24, 2.45) is 0 Å². The van der Waals surface area contributed by atoms with Gasteiger partial charge in [-0.1, -0.05) is 37.0 Å². The van der Waals surface area contributed by atoms with Gasteiger partial charge in [-0.05, 0) is 38.2 Å². The van der Waals surface area contributed by atoms with Gasteiger partial charge in [0.15, 0.2) is 0 Å². The number of alkyl halides is 1. The molecule has 0 saturated carbocycles. The summed E-state index contributed by atoms with van der Waals surface area (Å²) >= 11 is 18.2. The van der Waals surface area contributed by atoms with Crippen molar-refractivity contribution < 1.29 is 0 Å². The molecule has 0 spiro atoms. The zero-order chi connectivity index (χ0) is 15.4. The smallest absolute Gasteiger partial charge is 0.124 e. The Morgan fingerprint density at radius 1 is 1.14 bits per heavy atom. The predicted octanol–water partition coefficient (Wildman–Crippen LogP) is 4.81. The highest BCUT2D eigenvalue weighted by atomic mass is 35.5. The van der Waals surface area contributed by atoms with Crippen molar-refractivity contribution in [2.45, 2.75) is 32.7 Å². The number of rotatable bonds is 7. The van der Waals surface area contributed by atoms with Crippen LogP contribution in [-0.2, 0) is 12.4 Å². The molecule has 0 amide bonds. The average Bonchev–Trinajstić information content (AvgIpc) is 2.81. The Labute approximate surface area is 140 Å². The van der Waals surface area contributed by atoms with Crippen LogP contribution in [0.2, 0.25) is 10.0 Å². The van der Waals surface area contributed by atoms with E-state index < -0.39 is 0 Å². The second-order valence-corrected chi connectivity index (χ2v) is 6.03. The van der Waals surface area contributed by atoms with E-state index in [1.54, 1.807) is 6.07 Å². The zero-order valence-electron chi connectivity index (χ0n) is 12.4. The van der Waals surface area contributed by atoms with Crippen molar-refractivity contribution in [3.8, 4) is 0 Å². The van der Waals surface area contributed by atoms with E-state index in [0.717, 1.165) is 49.5 Å². The Kier molecular flexibility index (Phi) is 6.18. The van der Waals surface area contributed by atoms with Gasteiger partial charge in [-0.3, -0.25) is 0 Å². The van der Waals surface area contributed by atoms with Gasteiger partial charge >= 0.3 is 0 Å². The topological polar surface area (TPSA) is 21.1 Å². The van der Waals surface area contributed by atoms with E-state index in [2.05, 4.69) is 28.3 Å². The lowest BCUT2D eigenvalue weighted by molar-refractivity contribution is 0.293. The molecule has 0 aliphatic heterocycles. The fraction of sp³-hybridized carbons (Fsp3) is 0.533. The van der Waals surface area contributed by atoms with Crippen LogP contribution in [0, 0.1) is 0 Å². The number of imidazole rings is 1. The molecule has 0 saturated heterocycles. The van der Waals surface area contributed by atoms with E-state index in [1.165, 1.54) is 0 Å². The predicted molar refractivity (Wildman–Crippen MR) is 91.7 cm³/mol. The van der Waals surface area contributed by atoms with Crippen LogP contribution in [0.3, 0.4) is 0 Å². The lowest BCUT2D eigenvalue weighted by Crippen LogP contribution is -2.25. The largest absolute Gasteiger partial charge is 0.327 e. The Hall–Kier alpha value is -0.480. The molecular formula is C15H20Cl3N3. The van der Waals surface area contributed by atoms with Crippen LogP contribution in [0.15, 0.2) is 12.1 Å². The van der Waals surface area contributed by atoms with Crippen molar-refractivity contribution in [3.05, 3.63) is 28.0 Å². The van der Waals surface area contributed by atoms with Crippen molar-refractivity contribution in [1.82, 2.24) is 14.5 Å². The minimum Gasteiger partial charge on any atom is -0.327 e. The molecule has 0 aliphatic rings. The fourth-order valence-corrected chi connectivity index (χ4v) is 3.03. The summed E-state index contributed by atoms with van der Waals surface area (Å²) < 4.78 is 2.15. The van der Waals surface area contributed by atoms with E-state index in [9.17, 15) is 0 Å².